The van der Waals surface area contributed by atoms with Crippen molar-refractivity contribution in [2.45, 2.75) is 46.1 Å². The molecule has 0 saturated carbocycles. The van der Waals surface area contributed by atoms with Gasteiger partial charge in [-0.1, -0.05) is 12.1 Å². The molecule has 0 spiro atoms. The molecule has 1 fully saturated rings. The highest BCUT2D eigenvalue weighted by Gasteiger charge is 2.21. The zero-order valence-corrected chi connectivity index (χ0v) is 19.0. The average molecular weight is 488 g/mol. The lowest BCUT2D eigenvalue weighted by Crippen LogP contribution is -2.47. The first-order valence-corrected chi connectivity index (χ1v) is 9.63. The summed E-state index contributed by atoms with van der Waals surface area (Å²) in [5.41, 5.74) is 2.05. The number of hydrogen-bond donors (Lipinski definition) is 2. The minimum atomic E-state index is -0.0502. The van der Waals surface area contributed by atoms with Crippen molar-refractivity contribution >= 4 is 41.5 Å². The minimum Gasteiger partial charge on any atom is -0.378 e. The standard InChI is InChI=1S/C20H32N4O2.HI/c1-4-21-20(24-14-11-19(12-15-24)26-5-2)22-13-10-17-6-8-18(9-7-17)23-16(3)25;/h6-9,19H,4-5,10-15H2,1-3H3,(H,21,22)(H,23,25);1H. The van der Waals surface area contributed by atoms with Gasteiger partial charge in [0.1, 0.15) is 0 Å². The van der Waals surface area contributed by atoms with Gasteiger partial charge < -0.3 is 20.3 Å². The number of nitrogens with zero attached hydrogens (tertiary/aromatic N) is 2. The van der Waals surface area contributed by atoms with E-state index >= 15 is 0 Å². The highest BCUT2D eigenvalue weighted by molar-refractivity contribution is 14.0. The molecule has 0 aromatic heterocycles. The smallest absolute Gasteiger partial charge is 0.221 e. The van der Waals surface area contributed by atoms with Crippen LogP contribution in [0.4, 0.5) is 5.69 Å². The molecule has 152 valence electrons. The summed E-state index contributed by atoms with van der Waals surface area (Å²) < 4.78 is 5.73. The quantitative estimate of drug-likeness (QED) is 0.351. The average Bonchev–Trinajstić information content (AvgIpc) is 2.63. The summed E-state index contributed by atoms with van der Waals surface area (Å²) in [6, 6.07) is 7.96. The molecule has 7 heteroatoms. The Morgan fingerprint density at radius 3 is 2.44 bits per heavy atom. The van der Waals surface area contributed by atoms with Gasteiger partial charge in [-0.15, -0.1) is 24.0 Å². The lowest BCUT2D eigenvalue weighted by atomic mass is 10.1. The van der Waals surface area contributed by atoms with Crippen LogP contribution in [0.5, 0.6) is 0 Å². The molecule has 1 aliphatic heterocycles. The number of amides is 1. The molecule has 6 nitrogen and oxygen atoms in total. The number of likely N-dealkylation sites (tertiary alicyclic amines) is 1. The zero-order chi connectivity index (χ0) is 18.8. The van der Waals surface area contributed by atoms with Crippen LogP contribution in [0, 0.1) is 0 Å². The predicted molar refractivity (Wildman–Crippen MR) is 122 cm³/mol. The van der Waals surface area contributed by atoms with Crippen molar-refractivity contribution in [3.8, 4) is 0 Å². The topological polar surface area (TPSA) is 66.0 Å². The van der Waals surface area contributed by atoms with Crippen LogP contribution < -0.4 is 10.6 Å². The Hall–Kier alpha value is -1.35. The van der Waals surface area contributed by atoms with E-state index in [1.54, 1.807) is 0 Å². The molecule has 27 heavy (non-hydrogen) atoms. The maximum absolute atomic E-state index is 11.1. The van der Waals surface area contributed by atoms with E-state index in [0.29, 0.717) is 6.10 Å². The zero-order valence-electron chi connectivity index (χ0n) is 16.7. The first-order chi connectivity index (χ1) is 12.6. The molecule has 0 atom stereocenters. The molecule has 2 rings (SSSR count). The lowest BCUT2D eigenvalue weighted by Gasteiger charge is -2.34. The van der Waals surface area contributed by atoms with Crippen LogP contribution in [-0.4, -0.2) is 55.7 Å². The Balaban J connectivity index is 0.00000364. The van der Waals surface area contributed by atoms with Gasteiger partial charge in [-0.25, -0.2) is 0 Å². The highest BCUT2D eigenvalue weighted by atomic mass is 127. The van der Waals surface area contributed by atoms with Crippen LogP contribution in [0.25, 0.3) is 0 Å². The number of rotatable bonds is 7. The van der Waals surface area contributed by atoms with Crippen molar-refractivity contribution in [3.63, 3.8) is 0 Å². The van der Waals surface area contributed by atoms with Gasteiger partial charge in [0, 0.05) is 45.4 Å². The fourth-order valence-corrected chi connectivity index (χ4v) is 3.14. The third-order valence-corrected chi connectivity index (χ3v) is 4.42. The number of anilines is 1. The van der Waals surface area contributed by atoms with E-state index in [1.807, 2.05) is 24.3 Å². The SMILES string of the molecule is CCNC(=NCCc1ccc(NC(C)=O)cc1)N1CCC(OCC)CC1.I. The van der Waals surface area contributed by atoms with E-state index in [2.05, 4.69) is 29.4 Å². The molecule has 1 aromatic rings. The minimum absolute atomic E-state index is 0. The summed E-state index contributed by atoms with van der Waals surface area (Å²) in [6.45, 7) is 10.1. The Morgan fingerprint density at radius 1 is 1.22 bits per heavy atom. The van der Waals surface area contributed by atoms with Gasteiger partial charge in [0.15, 0.2) is 5.96 Å². The van der Waals surface area contributed by atoms with Crippen molar-refractivity contribution in [3.05, 3.63) is 29.8 Å². The Kier molecular flexibility index (Phi) is 11.3. The largest absolute Gasteiger partial charge is 0.378 e. The molecule has 0 bridgehead atoms. The van der Waals surface area contributed by atoms with E-state index in [0.717, 1.165) is 63.7 Å². The molecule has 1 amide bonds. The Morgan fingerprint density at radius 2 is 1.89 bits per heavy atom. The highest BCUT2D eigenvalue weighted by Crippen LogP contribution is 2.14. The van der Waals surface area contributed by atoms with Crippen molar-refractivity contribution in [2.75, 3.05) is 38.1 Å². The molecule has 0 unspecified atom stereocenters. The molecule has 1 heterocycles. The summed E-state index contributed by atoms with van der Waals surface area (Å²) in [5, 5.41) is 6.19. The number of guanidine groups is 1. The van der Waals surface area contributed by atoms with Gasteiger partial charge >= 0.3 is 0 Å². The van der Waals surface area contributed by atoms with Crippen LogP contribution in [0.1, 0.15) is 39.2 Å². The van der Waals surface area contributed by atoms with Gasteiger partial charge in [-0.2, -0.15) is 0 Å². The molecule has 1 aromatic carbocycles. The fraction of sp³-hybridized carbons (Fsp3) is 0.600. The second-order valence-corrected chi connectivity index (χ2v) is 6.51. The summed E-state index contributed by atoms with van der Waals surface area (Å²) in [5.74, 6) is 0.947. The van der Waals surface area contributed by atoms with E-state index in [-0.39, 0.29) is 29.9 Å². The number of piperidine rings is 1. The van der Waals surface area contributed by atoms with Crippen molar-refractivity contribution in [2.24, 2.45) is 4.99 Å². The van der Waals surface area contributed by atoms with Gasteiger partial charge in [-0.05, 0) is 50.8 Å². The number of aliphatic imine (C=N–C) groups is 1. The Bertz CT molecular complexity index is 584. The predicted octanol–water partition coefficient (Wildman–Crippen LogP) is 3.27. The second kappa shape index (κ2) is 12.9. The van der Waals surface area contributed by atoms with Crippen LogP contribution in [0.15, 0.2) is 29.3 Å². The third-order valence-electron chi connectivity index (χ3n) is 4.42. The van der Waals surface area contributed by atoms with Crippen molar-refractivity contribution in [1.29, 1.82) is 0 Å². The molecule has 0 radical (unpaired) electrons. The molecule has 1 saturated heterocycles. The number of halogens is 1. The van der Waals surface area contributed by atoms with Crippen LogP contribution in [0.2, 0.25) is 0 Å². The maximum atomic E-state index is 11.1. The van der Waals surface area contributed by atoms with Crippen LogP contribution >= 0.6 is 24.0 Å². The number of carbonyl (C=O) groups is 1. The van der Waals surface area contributed by atoms with Crippen molar-refractivity contribution < 1.29 is 9.53 Å². The summed E-state index contributed by atoms with van der Waals surface area (Å²) >= 11 is 0. The molecule has 2 N–H and O–H groups in total. The monoisotopic (exact) mass is 488 g/mol. The van der Waals surface area contributed by atoms with Gasteiger partial charge in [0.2, 0.25) is 5.91 Å². The first kappa shape index (κ1) is 23.7. The number of nitrogens with one attached hydrogen (secondary N) is 2. The number of carbonyl (C=O) groups excluding carboxylic acids is 1. The fourth-order valence-electron chi connectivity index (χ4n) is 3.14. The van der Waals surface area contributed by atoms with Crippen LogP contribution in [-0.2, 0) is 16.0 Å². The molecular weight excluding hydrogens is 455 g/mol. The number of hydrogen-bond acceptors (Lipinski definition) is 3. The van der Waals surface area contributed by atoms with Gasteiger partial charge in [0.25, 0.3) is 0 Å². The summed E-state index contributed by atoms with van der Waals surface area (Å²) in [4.78, 5) is 18.2. The van der Waals surface area contributed by atoms with Gasteiger partial charge in [0.05, 0.1) is 6.10 Å². The summed E-state index contributed by atoms with van der Waals surface area (Å²) in [6.07, 6.45) is 3.39. The van der Waals surface area contributed by atoms with Crippen molar-refractivity contribution in [1.82, 2.24) is 10.2 Å². The molecule has 0 aliphatic carbocycles. The first-order valence-electron chi connectivity index (χ1n) is 9.63. The molecule has 1 aliphatic rings. The van der Waals surface area contributed by atoms with E-state index in [4.69, 9.17) is 9.73 Å². The van der Waals surface area contributed by atoms with E-state index in [9.17, 15) is 4.79 Å². The third kappa shape index (κ3) is 8.47. The van der Waals surface area contributed by atoms with E-state index in [1.165, 1.54) is 12.5 Å². The lowest BCUT2D eigenvalue weighted by molar-refractivity contribution is -0.114. The normalized spacial score (nSPS) is 15.2. The number of ether oxygens (including phenoxy) is 1. The van der Waals surface area contributed by atoms with Crippen LogP contribution in [0.3, 0.4) is 0 Å². The summed E-state index contributed by atoms with van der Waals surface area (Å²) in [7, 11) is 0. The van der Waals surface area contributed by atoms with E-state index < -0.39 is 0 Å². The Labute approximate surface area is 180 Å². The number of benzene rings is 1. The maximum Gasteiger partial charge on any atom is 0.221 e. The molecular formula is C20H33IN4O2. The van der Waals surface area contributed by atoms with Gasteiger partial charge in [-0.3, -0.25) is 9.79 Å². The second-order valence-electron chi connectivity index (χ2n) is 6.51.